The first-order chi connectivity index (χ1) is 6.91. The molecule has 0 aliphatic rings. The molecule has 3 N–H and O–H groups in total. The second kappa shape index (κ2) is 4.16. The van der Waals surface area contributed by atoms with E-state index >= 15 is 0 Å². The van der Waals surface area contributed by atoms with Gasteiger partial charge in [-0.25, -0.2) is 4.79 Å². The van der Waals surface area contributed by atoms with E-state index in [1.807, 2.05) is 0 Å². The molecule has 0 radical (unpaired) electrons. The fraction of sp³-hybridized carbons (Fsp3) is 0.222. The third-order valence-electron chi connectivity index (χ3n) is 1.99. The van der Waals surface area contributed by atoms with E-state index in [0.717, 1.165) is 0 Å². The summed E-state index contributed by atoms with van der Waals surface area (Å²) in [6.45, 7) is 1.65. The Labute approximate surface area is 95.7 Å². The average Bonchev–Trinajstić information content (AvgIpc) is 2.19. The summed E-state index contributed by atoms with van der Waals surface area (Å²) in [7, 11) is 0. The van der Waals surface area contributed by atoms with Crippen molar-refractivity contribution in [3.05, 3.63) is 21.2 Å². The Morgan fingerprint density at radius 3 is 2.13 bits per heavy atom. The Bertz CT molecular complexity index is 429. The van der Waals surface area contributed by atoms with Crippen LogP contribution in [-0.2, 0) is 6.42 Å². The quantitative estimate of drug-likeness (QED) is 0.755. The summed E-state index contributed by atoms with van der Waals surface area (Å²) in [6, 6.07) is 0. The molecule has 0 unspecified atom stereocenters. The molecule has 15 heavy (non-hydrogen) atoms. The van der Waals surface area contributed by atoms with Crippen LogP contribution in [0.1, 0.15) is 22.8 Å². The van der Waals surface area contributed by atoms with Crippen LogP contribution in [0.4, 0.5) is 0 Å². The molecule has 4 nitrogen and oxygen atoms in total. The number of aromatic carboxylic acids is 1. The molecule has 82 valence electrons. The van der Waals surface area contributed by atoms with Crippen molar-refractivity contribution in [1.29, 1.82) is 0 Å². The van der Waals surface area contributed by atoms with Gasteiger partial charge in [0.15, 0.2) is 11.5 Å². The zero-order valence-corrected chi connectivity index (χ0v) is 9.22. The molecule has 1 rings (SSSR count). The van der Waals surface area contributed by atoms with Crippen LogP contribution in [0.2, 0.25) is 10.0 Å². The topological polar surface area (TPSA) is 77.8 Å². The first-order valence-corrected chi connectivity index (χ1v) is 4.82. The van der Waals surface area contributed by atoms with Gasteiger partial charge in [-0.15, -0.1) is 0 Å². The summed E-state index contributed by atoms with van der Waals surface area (Å²) in [5.41, 5.74) is -0.214. The van der Waals surface area contributed by atoms with Gasteiger partial charge in [0.1, 0.15) is 10.6 Å². The maximum atomic E-state index is 10.9. The fourth-order valence-electron chi connectivity index (χ4n) is 1.28. The summed E-state index contributed by atoms with van der Waals surface area (Å²) in [5, 5.41) is 27.1. The highest BCUT2D eigenvalue weighted by atomic mass is 35.5. The van der Waals surface area contributed by atoms with E-state index in [1.54, 1.807) is 6.92 Å². The minimum Gasteiger partial charge on any atom is -0.505 e. The van der Waals surface area contributed by atoms with Crippen molar-refractivity contribution in [3.8, 4) is 11.5 Å². The van der Waals surface area contributed by atoms with Gasteiger partial charge in [0.05, 0.1) is 5.02 Å². The molecule has 0 amide bonds. The average molecular weight is 251 g/mol. The van der Waals surface area contributed by atoms with E-state index in [9.17, 15) is 15.0 Å². The SMILES string of the molecule is CCc1c(Cl)c(O)c(Cl)c(O)c1C(=O)O. The van der Waals surface area contributed by atoms with Crippen LogP contribution in [-0.4, -0.2) is 21.3 Å². The standard InChI is InChI=1S/C9H8Cl2O4/c1-2-3-4(9(14)15)7(12)6(11)8(13)5(3)10/h12-13H,2H2,1H3,(H,14,15). The maximum absolute atomic E-state index is 10.9. The van der Waals surface area contributed by atoms with Crippen LogP contribution < -0.4 is 0 Å². The van der Waals surface area contributed by atoms with Gasteiger partial charge in [0.2, 0.25) is 0 Å². The van der Waals surface area contributed by atoms with Gasteiger partial charge in [0, 0.05) is 0 Å². The molecule has 0 aromatic heterocycles. The zero-order chi connectivity index (χ0) is 11.7. The van der Waals surface area contributed by atoms with E-state index in [4.69, 9.17) is 28.3 Å². The number of benzene rings is 1. The Morgan fingerprint density at radius 2 is 1.73 bits per heavy atom. The third-order valence-corrected chi connectivity index (χ3v) is 2.76. The number of carboxylic acid groups (broad SMARTS) is 1. The van der Waals surface area contributed by atoms with Gasteiger partial charge in [-0.1, -0.05) is 30.1 Å². The van der Waals surface area contributed by atoms with E-state index in [-0.39, 0.29) is 22.6 Å². The molecule has 6 heteroatoms. The summed E-state index contributed by atoms with van der Waals surface area (Å²) < 4.78 is 0. The number of rotatable bonds is 2. The van der Waals surface area contributed by atoms with Gasteiger partial charge in [-0.2, -0.15) is 0 Å². The Morgan fingerprint density at radius 1 is 1.20 bits per heavy atom. The van der Waals surface area contributed by atoms with Gasteiger partial charge in [0.25, 0.3) is 0 Å². The van der Waals surface area contributed by atoms with Crippen LogP contribution in [0, 0.1) is 0 Å². The van der Waals surface area contributed by atoms with Crippen molar-refractivity contribution in [2.45, 2.75) is 13.3 Å². The minimum absolute atomic E-state index is 0.141. The number of aromatic hydroxyl groups is 2. The Balaban J connectivity index is 3.70. The van der Waals surface area contributed by atoms with Crippen molar-refractivity contribution in [2.75, 3.05) is 0 Å². The Kier molecular flexibility index (Phi) is 3.31. The van der Waals surface area contributed by atoms with Gasteiger partial charge >= 0.3 is 5.97 Å². The second-order valence-corrected chi connectivity index (χ2v) is 3.59. The number of carbonyl (C=O) groups is 1. The first-order valence-electron chi connectivity index (χ1n) is 4.06. The molecule has 0 spiro atoms. The monoisotopic (exact) mass is 250 g/mol. The molecule has 0 heterocycles. The lowest BCUT2D eigenvalue weighted by atomic mass is 10.0. The normalized spacial score (nSPS) is 10.3. The predicted octanol–water partition coefficient (Wildman–Crippen LogP) is 2.67. The second-order valence-electron chi connectivity index (χ2n) is 2.84. The lowest BCUT2D eigenvalue weighted by Crippen LogP contribution is -2.04. The smallest absolute Gasteiger partial charge is 0.339 e. The minimum atomic E-state index is -1.34. The molecule has 0 aliphatic carbocycles. The highest BCUT2D eigenvalue weighted by Crippen LogP contribution is 2.44. The van der Waals surface area contributed by atoms with Crippen molar-refractivity contribution in [1.82, 2.24) is 0 Å². The van der Waals surface area contributed by atoms with Crippen molar-refractivity contribution in [3.63, 3.8) is 0 Å². The molecule has 0 atom stereocenters. The van der Waals surface area contributed by atoms with Crippen LogP contribution in [0.15, 0.2) is 0 Å². The van der Waals surface area contributed by atoms with E-state index in [2.05, 4.69) is 0 Å². The van der Waals surface area contributed by atoms with Crippen molar-refractivity contribution >= 4 is 29.2 Å². The summed E-state index contributed by atoms with van der Waals surface area (Å²) in [5.74, 6) is -2.51. The Hall–Kier alpha value is -1.13. The van der Waals surface area contributed by atoms with Crippen molar-refractivity contribution < 1.29 is 20.1 Å². The summed E-state index contributed by atoms with van der Waals surface area (Å²) in [4.78, 5) is 10.9. The van der Waals surface area contributed by atoms with Gasteiger partial charge in [-0.05, 0) is 12.0 Å². The highest BCUT2D eigenvalue weighted by molar-refractivity contribution is 6.39. The molecule has 0 saturated heterocycles. The maximum Gasteiger partial charge on any atom is 0.339 e. The predicted molar refractivity (Wildman–Crippen MR) is 56.1 cm³/mol. The van der Waals surface area contributed by atoms with Gasteiger partial charge < -0.3 is 15.3 Å². The molecule has 1 aromatic rings. The van der Waals surface area contributed by atoms with E-state index in [0.29, 0.717) is 0 Å². The number of phenolic OH excluding ortho intramolecular Hbond substituents is 1. The lowest BCUT2D eigenvalue weighted by Gasteiger charge is -2.11. The zero-order valence-electron chi connectivity index (χ0n) is 7.71. The largest absolute Gasteiger partial charge is 0.505 e. The molecular weight excluding hydrogens is 243 g/mol. The number of phenols is 2. The van der Waals surface area contributed by atoms with Crippen LogP contribution >= 0.6 is 23.2 Å². The first kappa shape index (κ1) is 11.9. The van der Waals surface area contributed by atoms with Gasteiger partial charge in [-0.3, -0.25) is 0 Å². The van der Waals surface area contributed by atoms with Crippen molar-refractivity contribution in [2.24, 2.45) is 0 Å². The third kappa shape index (κ3) is 1.82. The van der Waals surface area contributed by atoms with Crippen LogP contribution in [0.3, 0.4) is 0 Å². The van der Waals surface area contributed by atoms with Crippen LogP contribution in [0.25, 0.3) is 0 Å². The molecule has 0 saturated carbocycles. The fourth-order valence-corrected chi connectivity index (χ4v) is 1.84. The molecular formula is C9H8Cl2O4. The number of hydrogen-bond donors (Lipinski definition) is 3. The number of hydrogen-bond acceptors (Lipinski definition) is 3. The molecule has 0 fully saturated rings. The van der Waals surface area contributed by atoms with E-state index in [1.165, 1.54) is 0 Å². The molecule has 0 bridgehead atoms. The number of halogens is 2. The molecule has 1 aromatic carbocycles. The van der Waals surface area contributed by atoms with Crippen LogP contribution in [0.5, 0.6) is 11.5 Å². The lowest BCUT2D eigenvalue weighted by molar-refractivity contribution is 0.0692. The van der Waals surface area contributed by atoms with E-state index < -0.39 is 22.5 Å². The summed E-state index contributed by atoms with van der Waals surface area (Å²) in [6.07, 6.45) is 0.263. The molecule has 0 aliphatic heterocycles. The summed E-state index contributed by atoms with van der Waals surface area (Å²) >= 11 is 11.2. The number of carboxylic acids is 1. The highest BCUT2D eigenvalue weighted by Gasteiger charge is 2.24.